The Kier molecular flexibility index (Phi) is 7.14. The van der Waals surface area contributed by atoms with Crippen molar-refractivity contribution in [3.05, 3.63) is 28.8 Å². The topological polar surface area (TPSA) is 21.3 Å². The average Bonchev–Trinajstić information content (AvgIpc) is 2.31. The maximum Gasteiger partial charge on any atom is 0.124 e. The lowest BCUT2D eigenvalue weighted by molar-refractivity contribution is 0.239. The third-order valence-corrected chi connectivity index (χ3v) is 2.89. The molecule has 0 aliphatic rings. The van der Waals surface area contributed by atoms with E-state index < -0.39 is 0 Å². The van der Waals surface area contributed by atoms with Gasteiger partial charge < -0.3 is 10.1 Å². The summed E-state index contributed by atoms with van der Waals surface area (Å²) in [5.41, 5.74) is 1.13. The summed E-state index contributed by atoms with van der Waals surface area (Å²) in [7, 11) is 0. The van der Waals surface area contributed by atoms with E-state index in [9.17, 15) is 0 Å². The number of halogens is 1. The molecule has 0 bridgehead atoms. The highest BCUT2D eigenvalue weighted by Crippen LogP contribution is 2.23. The van der Waals surface area contributed by atoms with Gasteiger partial charge in [-0.05, 0) is 45.0 Å². The summed E-state index contributed by atoms with van der Waals surface area (Å²) >= 11 is 6.03. The van der Waals surface area contributed by atoms with Crippen molar-refractivity contribution < 1.29 is 4.74 Å². The molecule has 0 amide bonds. The zero-order chi connectivity index (χ0) is 13.4. The summed E-state index contributed by atoms with van der Waals surface area (Å²) in [6.45, 7) is 8.14. The van der Waals surface area contributed by atoms with Crippen LogP contribution in [0.15, 0.2) is 18.2 Å². The van der Waals surface area contributed by atoms with E-state index in [2.05, 4.69) is 12.2 Å². The predicted octanol–water partition coefficient (Wildman–Crippen LogP) is 4.41. The second-order valence-corrected chi connectivity index (χ2v) is 5.24. The Bertz CT molecular complexity index is 352. The number of rotatable bonds is 8. The summed E-state index contributed by atoms with van der Waals surface area (Å²) in [6.07, 6.45) is 3.93. The van der Waals surface area contributed by atoms with Crippen LogP contribution in [0.2, 0.25) is 5.02 Å². The van der Waals surface area contributed by atoms with Crippen LogP contribution in [-0.4, -0.2) is 12.6 Å². The van der Waals surface area contributed by atoms with Crippen LogP contribution in [0.3, 0.4) is 0 Å². The largest absolute Gasteiger partial charge is 0.491 e. The molecular weight excluding hydrogens is 246 g/mol. The molecule has 0 spiro atoms. The molecule has 0 aromatic heterocycles. The molecule has 0 saturated carbocycles. The smallest absolute Gasteiger partial charge is 0.124 e. The maximum atomic E-state index is 6.03. The van der Waals surface area contributed by atoms with Crippen molar-refractivity contribution in [2.45, 2.75) is 52.7 Å². The number of benzene rings is 1. The van der Waals surface area contributed by atoms with Gasteiger partial charge in [-0.25, -0.2) is 0 Å². The molecule has 0 heterocycles. The lowest BCUT2D eigenvalue weighted by Crippen LogP contribution is -2.16. The highest BCUT2D eigenvalue weighted by molar-refractivity contribution is 6.30. The number of nitrogens with one attached hydrogen (secondary N) is 1. The van der Waals surface area contributed by atoms with Crippen molar-refractivity contribution in [2.75, 3.05) is 6.54 Å². The Labute approximate surface area is 116 Å². The van der Waals surface area contributed by atoms with Crippen molar-refractivity contribution in [2.24, 2.45) is 0 Å². The van der Waals surface area contributed by atoms with Gasteiger partial charge in [0.15, 0.2) is 0 Å². The van der Waals surface area contributed by atoms with Crippen molar-refractivity contribution in [3.8, 4) is 5.75 Å². The fourth-order valence-corrected chi connectivity index (χ4v) is 1.97. The molecule has 0 radical (unpaired) electrons. The minimum Gasteiger partial charge on any atom is -0.491 e. The molecule has 3 heteroatoms. The molecule has 0 atom stereocenters. The number of hydrogen-bond donors (Lipinski definition) is 1. The van der Waals surface area contributed by atoms with Gasteiger partial charge in [-0.15, -0.1) is 0 Å². The summed E-state index contributed by atoms with van der Waals surface area (Å²) in [5, 5.41) is 4.20. The molecule has 102 valence electrons. The molecule has 1 rings (SSSR count). The van der Waals surface area contributed by atoms with E-state index in [1.807, 2.05) is 32.0 Å². The van der Waals surface area contributed by atoms with Gasteiger partial charge in [0.05, 0.1) is 6.10 Å². The predicted molar refractivity (Wildman–Crippen MR) is 78.4 cm³/mol. The van der Waals surface area contributed by atoms with E-state index in [1.165, 1.54) is 19.3 Å². The Balaban J connectivity index is 2.53. The van der Waals surface area contributed by atoms with Crippen molar-refractivity contribution >= 4 is 11.6 Å². The van der Waals surface area contributed by atoms with Crippen LogP contribution < -0.4 is 10.1 Å². The van der Waals surface area contributed by atoms with E-state index in [0.717, 1.165) is 29.4 Å². The van der Waals surface area contributed by atoms with E-state index in [-0.39, 0.29) is 6.10 Å². The molecule has 0 unspecified atom stereocenters. The SMILES string of the molecule is CCCCCNCc1cc(Cl)ccc1OC(C)C. The number of unbranched alkanes of at least 4 members (excludes halogenated alkanes) is 2. The van der Waals surface area contributed by atoms with Crippen LogP contribution in [0.25, 0.3) is 0 Å². The summed E-state index contributed by atoms with van der Waals surface area (Å²) in [4.78, 5) is 0. The Morgan fingerprint density at radius 3 is 2.72 bits per heavy atom. The van der Waals surface area contributed by atoms with Crippen LogP contribution in [-0.2, 0) is 6.54 Å². The Morgan fingerprint density at radius 2 is 2.06 bits per heavy atom. The Hall–Kier alpha value is -0.730. The van der Waals surface area contributed by atoms with Crippen molar-refractivity contribution in [1.29, 1.82) is 0 Å². The first kappa shape index (κ1) is 15.3. The molecule has 18 heavy (non-hydrogen) atoms. The van der Waals surface area contributed by atoms with Crippen LogP contribution >= 0.6 is 11.6 Å². The van der Waals surface area contributed by atoms with E-state index in [0.29, 0.717) is 0 Å². The van der Waals surface area contributed by atoms with Gasteiger partial charge in [0.1, 0.15) is 5.75 Å². The first-order valence-electron chi connectivity index (χ1n) is 6.79. The van der Waals surface area contributed by atoms with Crippen LogP contribution in [0.4, 0.5) is 0 Å². The monoisotopic (exact) mass is 269 g/mol. The minimum atomic E-state index is 0.185. The van der Waals surface area contributed by atoms with Gasteiger partial charge in [-0.3, -0.25) is 0 Å². The first-order chi connectivity index (χ1) is 8.63. The molecule has 2 nitrogen and oxygen atoms in total. The molecule has 0 fully saturated rings. The average molecular weight is 270 g/mol. The van der Waals surface area contributed by atoms with Crippen LogP contribution in [0, 0.1) is 0 Å². The molecule has 0 aliphatic heterocycles. The number of ether oxygens (including phenoxy) is 1. The van der Waals surface area contributed by atoms with Crippen LogP contribution in [0.5, 0.6) is 5.75 Å². The second-order valence-electron chi connectivity index (χ2n) is 4.80. The fourth-order valence-electron chi connectivity index (χ4n) is 1.78. The van der Waals surface area contributed by atoms with Crippen LogP contribution in [0.1, 0.15) is 45.6 Å². The normalized spacial score (nSPS) is 10.9. The quantitative estimate of drug-likeness (QED) is 0.706. The van der Waals surface area contributed by atoms with E-state index >= 15 is 0 Å². The highest BCUT2D eigenvalue weighted by Gasteiger charge is 2.06. The van der Waals surface area contributed by atoms with Crippen molar-refractivity contribution in [1.82, 2.24) is 5.32 Å². The Morgan fingerprint density at radius 1 is 1.28 bits per heavy atom. The highest BCUT2D eigenvalue weighted by atomic mass is 35.5. The molecule has 0 saturated heterocycles. The van der Waals surface area contributed by atoms with Gasteiger partial charge in [0.25, 0.3) is 0 Å². The summed E-state index contributed by atoms with van der Waals surface area (Å²) in [6, 6.07) is 5.80. The van der Waals surface area contributed by atoms with E-state index in [1.54, 1.807) is 0 Å². The third-order valence-electron chi connectivity index (χ3n) is 2.66. The summed E-state index contributed by atoms with van der Waals surface area (Å²) in [5.74, 6) is 0.928. The van der Waals surface area contributed by atoms with Gasteiger partial charge in [0.2, 0.25) is 0 Å². The molecule has 1 N–H and O–H groups in total. The van der Waals surface area contributed by atoms with Gasteiger partial charge in [-0.1, -0.05) is 31.4 Å². The first-order valence-corrected chi connectivity index (χ1v) is 7.17. The molecule has 0 aliphatic carbocycles. The third kappa shape index (κ3) is 5.74. The maximum absolute atomic E-state index is 6.03. The minimum absolute atomic E-state index is 0.185. The second kappa shape index (κ2) is 8.39. The molecule has 1 aromatic rings. The summed E-state index contributed by atoms with van der Waals surface area (Å²) < 4.78 is 5.78. The lowest BCUT2D eigenvalue weighted by atomic mass is 10.2. The van der Waals surface area contributed by atoms with E-state index in [4.69, 9.17) is 16.3 Å². The standard InChI is InChI=1S/C15H24ClNO/c1-4-5-6-9-17-11-13-10-14(16)7-8-15(13)18-12(2)3/h7-8,10,12,17H,4-6,9,11H2,1-3H3. The zero-order valence-electron chi connectivity index (χ0n) is 11.6. The van der Waals surface area contributed by atoms with Gasteiger partial charge in [-0.2, -0.15) is 0 Å². The van der Waals surface area contributed by atoms with Crippen molar-refractivity contribution in [3.63, 3.8) is 0 Å². The molecule has 1 aromatic carbocycles. The number of hydrogen-bond acceptors (Lipinski definition) is 2. The zero-order valence-corrected chi connectivity index (χ0v) is 12.4. The van der Waals surface area contributed by atoms with Gasteiger partial charge >= 0.3 is 0 Å². The fraction of sp³-hybridized carbons (Fsp3) is 0.600. The van der Waals surface area contributed by atoms with Gasteiger partial charge in [0, 0.05) is 17.1 Å². The lowest BCUT2D eigenvalue weighted by Gasteiger charge is -2.15. The molecular formula is C15H24ClNO.